The van der Waals surface area contributed by atoms with Crippen molar-refractivity contribution in [2.24, 2.45) is 0 Å². The van der Waals surface area contributed by atoms with E-state index in [4.69, 9.17) is 0 Å². The Bertz CT molecular complexity index is 213. The molecule has 0 saturated carbocycles. The predicted molar refractivity (Wildman–Crippen MR) is 45.7 cm³/mol. The molecule has 0 amide bonds. The fourth-order valence-corrected chi connectivity index (χ4v) is 1.66. The van der Waals surface area contributed by atoms with Crippen LogP contribution in [0, 0.1) is 0 Å². The summed E-state index contributed by atoms with van der Waals surface area (Å²) in [5, 5.41) is 10.2. The molecule has 0 bridgehead atoms. The molecule has 2 N–H and O–H groups in total. The van der Waals surface area contributed by atoms with Gasteiger partial charge in [0, 0.05) is 12.5 Å². The average molecular weight is 166 g/mol. The third kappa shape index (κ3) is 1.82. The van der Waals surface area contributed by atoms with E-state index in [0.29, 0.717) is 6.04 Å². The van der Waals surface area contributed by atoms with Gasteiger partial charge in [-0.25, -0.2) is 4.98 Å². The van der Waals surface area contributed by atoms with Crippen LogP contribution < -0.4 is 5.32 Å². The molecule has 12 heavy (non-hydrogen) atoms. The van der Waals surface area contributed by atoms with Crippen LogP contribution in [-0.2, 0) is 6.42 Å². The Morgan fingerprint density at radius 3 is 3.17 bits per heavy atom. The number of hydrogen-bond donors (Lipinski definition) is 2. The van der Waals surface area contributed by atoms with E-state index < -0.39 is 0 Å². The molecule has 2 rings (SSSR count). The maximum atomic E-state index is 4.10. The number of piperidine rings is 1. The first-order valence-corrected chi connectivity index (χ1v) is 4.53. The number of H-pyrrole nitrogens is 1. The van der Waals surface area contributed by atoms with Crippen LogP contribution in [0.1, 0.15) is 25.1 Å². The average Bonchev–Trinajstić information content (AvgIpc) is 2.59. The van der Waals surface area contributed by atoms with E-state index in [0.717, 1.165) is 18.8 Å². The Balaban J connectivity index is 1.86. The van der Waals surface area contributed by atoms with Crippen LogP contribution in [0.2, 0.25) is 0 Å². The molecule has 1 fully saturated rings. The number of aromatic amines is 1. The Kier molecular flexibility index (Phi) is 2.36. The standard InChI is InChI=1S/C8H14N4/c1-2-4-9-7(3-1)5-8-10-6-11-12-8/h6-7,9H,1-5H2,(H,10,11,12). The zero-order chi connectivity index (χ0) is 8.23. The van der Waals surface area contributed by atoms with Gasteiger partial charge in [0.25, 0.3) is 0 Å². The van der Waals surface area contributed by atoms with Crippen LogP contribution in [-0.4, -0.2) is 27.8 Å². The Hall–Kier alpha value is -0.900. The van der Waals surface area contributed by atoms with Crippen molar-refractivity contribution in [3.8, 4) is 0 Å². The fourth-order valence-electron chi connectivity index (χ4n) is 1.66. The van der Waals surface area contributed by atoms with Gasteiger partial charge in [-0.3, -0.25) is 5.10 Å². The molecular formula is C8H14N4. The molecule has 1 unspecified atom stereocenters. The van der Waals surface area contributed by atoms with Crippen molar-refractivity contribution in [1.82, 2.24) is 20.5 Å². The lowest BCUT2D eigenvalue weighted by Crippen LogP contribution is -2.35. The van der Waals surface area contributed by atoms with Crippen LogP contribution in [0.3, 0.4) is 0 Å². The van der Waals surface area contributed by atoms with Gasteiger partial charge in [0.05, 0.1) is 0 Å². The van der Waals surface area contributed by atoms with Crippen molar-refractivity contribution < 1.29 is 0 Å². The zero-order valence-corrected chi connectivity index (χ0v) is 7.08. The second kappa shape index (κ2) is 3.67. The van der Waals surface area contributed by atoms with Crippen LogP contribution in [0.15, 0.2) is 6.33 Å². The van der Waals surface area contributed by atoms with Gasteiger partial charge in [0.15, 0.2) is 0 Å². The maximum absolute atomic E-state index is 4.10. The van der Waals surface area contributed by atoms with Gasteiger partial charge in [-0.1, -0.05) is 6.42 Å². The first-order chi connectivity index (χ1) is 5.95. The molecule has 4 nitrogen and oxygen atoms in total. The minimum Gasteiger partial charge on any atom is -0.314 e. The Morgan fingerprint density at radius 2 is 2.50 bits per heavy atom. The first-order valence-electron chi connectivity index (χ1n) is 4.53. The monoisotopic (exact) mass is 166 g/mol. The van der Waals surface area contributed by atoms with Gasteiger partial charge in [0.1, 0.15) is 12.2 Å². The molecule has 1 atom stereocenters. The minimum absolute atomic E-state index is 0.603. The van der Waals surface area contributed by atoms with Crippen molar-refractivity contribution in [2.45, 2.75) is 31.7 Å². The lowest BCUT2D eigenvalue weighted by atomic mass is 10.0. The molecule has 0 spiro atoms. The van der Waals surface area contributed by atoms with E-state index >= 15 is 0 Å². The van der Waals surface area contributed by atoms with Crippen molar-refractivity contribution in [3.05, 3.63) is 12.2 Å². The first kappa shape index (κ1) is 7.73. The van der Waals surface area contributed by atoms with E-state index in [-0.39, 0.29) is 0 Å². The molecule has 1 aromatic rings. The summed E-state index contributed by atoms with van der Waals surface area (Å²) in [6.45, 7) is 1.15. The summed E-state index contributed by atoms with van der Waals surface area (Å²) in [4.78, 5) is 4.10. The molecule has 0 radical (unpaired) electrons. The quantitative estimate of drug-likeness (QED) is 0.672. The van der Waals surface area contributed by atoms with E-state index in [1.165, 1.54) is 19.3 Å². The van der Waals surface area contributed by atoms with Crippen LogP contribution in [0.4, 0.5) is 0 Å². The summed E-state index contributed by atoms with van der Waals surface area (Å²) in [5.41, 5.74) is 0. The molecular weight excluding hydrogens is 152 g/mol. The van der Waals surface area contributed by atoms with Crippen LogP contribution in [0.5, 0.6) is 0 Å². The van der Waals surface area contributed by atoms with Crippen molar-refractivity contribution in [2.75, 3.05) is 6.54 Å². The lowest BCUT2D eigenvalue weighted by molar-refractivity contribution is 0.394. The largest absolute Gasteiger partial charge is 0.314 e. The van der Waals surface area contributed by atoms with Gasteiger partial charge < -0.3 is 5.32 Å². The molecule has 1 aromatic heterocycles. The minimum atomic E-state index is 0.603. The van der Waals surface area contributed by atoms with Crippen molar-refractivity contribution >= 4 is 0 Å². The fraction of sp³-hybridized carbons (Fsp3) is 0.750. The number of nitrogens with one attached hydrogen (secondary N) is 2. The summed E-state index contributed by atoms with van der Waals surface area (Å²) < 4.78 is 0. The number of hydrogen-bond acceptors (Lipinski definition) is 3. The van der Waals surface area contributed by atoms with Gasteiger partial charge in [0.2, 0.25) is 0 Å². The molecule has 4 heteroatoms. The summed E-state index contributed by atoms with van der Waals surface area (Å²) in [5.74, 6) is 0.995. The SMILES string of the molecule is c1n[nH]c(CC2CCCCN2)n1. The summed E-state index contributed by atoms with van der Waals surface area (Å²) >= 11 is 0. The molecule has 1 saturated heterocycles. The highest BCUT2D eigenvalue weighted by Crippen LogP contribution is 2.09. The van der Waals surface area contributed by atoms with Crippen LogP contribution >= 0.6 is 0 Å². The van der Waals surface area contributed by atoms with E-state index in [1.54, 1.807) is 6.33 Å². The summed E-state index contributed by atoms with van der Waals surface area (Å²) in [6.07, 6.45) is 6.47. The van der Waals surface area contributed by atoms with E-state index in [2.05, 4.69) is 20.5 Å². The molecule has 66 valence electrons. The van der Waals surface area contributed by atoms with Gasteiger partial charge in [-0.15, -0.1) is 0 Å². The highest BCUT2D eigenvalue weighted by Gasteiger charge is 2.13. The smallest absolute Gasteiger partial charge is 0.137 e. The topological polar surface area (TPSA) is 53.6 Å². The van der Waals surface area contributed by atoms with Crippen molar-refractivity contribution in [3.63, 3.8) is 0 Å². The lowest BCUT2D eigenvalue weighted by Gasteiger charge is -2.22. The molecule has 0 aromatic carbocycles. The third-order valence-electron chi connectivity index (χ3n) is 2.32. The Morgan fingerprint density at radius 1 is 1.50 bits per heavy atom. The Labute approximate surface area is 71.8 Å². The second-order valence-corrected chi connectivity index (χ2v) is 3.28. The maximum Gasteiger partial charge on any atom is 0.137 e. The molecule has 0 aliphatic carbocycles. The summed E-state index contributed by atoms with van der Waals surface area (Å²) in [6, 6.07) is 0.603. The molecule has 2 heterocycles. The zero-order valence-electron chi connectivity index (χ0n) is 7.08. The highest BCUT2D eigenvalue weighted by atomic mass is 15.2. The number of aromatic nitrogens is 3. The van der Waals surface area contributed by atoms with E-state index in [9.17, 15) is 0 Å². The highest BCUT2D eigenvalue weighted by molar-refractivity contribution is 4.87. The van der Waals surface area contributed by atoms with E-state index in [1.807, 2.05) is 0 Å². The number of rotatable bonds is 2. The van der Waals surface area contributed by atoms with Crippen LogP contribution in [0.25, 0.3) is 0 Å². The van der Waals surface area contributed by atoms with Crippen molar-refractivity contribution in [1.29, 1.82) is 0 Å². The number of nitrogens with zero attached hydrogens (tertiary/aromatic N) is 2. The van der Waals surface area contributed by atoms with Gasteiger partial charge in [-0.2, -0.15) is 5.10 Å². The normalized spacial score (nSPS) is 24.2. The second-order valence-electron chi connectivity index (χ2n) is 3.28. The third-order valence-corrected chi connectivity index (χ3v) is 2.32. The van der Waals surface area contributed by atoms with Gasteiger partial charge in [-0.05, 0) is 19.4 Å². The molecule has 1 aliphatic rings. The predicted octanol–water partition coefficient (Wildman–Crippen LogP) is 0.489. The van der Waals surface area contributed by atoms with Gasteiger partial charge >= 0.3 is 0 Å². The summed E-state index contributed by atoms with van der Waals surface area (Å²) in [7, 11) is 0. The molecule has 1 aliphatic heterocycles.